The van der Waals surface area contributed by atoms with Crippen LogP contribution < -0.4 is 0 Å². The molecule has 0 amide bonds. The first-order valence-electron chi connectivity index (χ1n) is 16.3. The van der Waals surface area contributed by atoms with E-state index < -0.39 is 0 Å². The third-order valence-electron chi connectivity index (χ3n) is 8.67. The predicted molar refractivity (Wildman–Crippen MR) is 208 cm³/mol. The van der Waals surface area contributed by atoms with Gasteiger partial charge in [-0.3, -0.25) is 0 Å². The third-order valence-corrected chi connectivity index (χ3v) is 8.67. The zero-order valence-corrected chi connectivity index (χ0v) is 27.6. The molecule has 0 aliphatic heterocycles. The van der Waals surface area contributed by atoms with Gasteiger partial charge in [-0.15, -0.1) is 6.58 Å². The van der Waals surface area contributed by atoms with Crippen molar-refractivity contribution in [3.8, 4) is 17.4 Å². The molecule has 0 atom stereocenters. The van der Waals surface area contributed by atoms with Crippen molar-refractivity contribution in [2.24, 2.45) is 0 Å². The lowest BCUT2D eigenvalue weighted by atomic mass is 10.1. The van der Waals surface area contributed by atoms with E-state index in [-0.39, 0.29) is 0 Å². The van der Waals surface area contributed by atoms with Gasteiger partial charge < -0.3 is 13.6 Å². The predicted octanol–water partition coefficient (Wildman–Crippen LogP) is 12.6. The molecule has 9 rings (SSSR count). The molecule has 4 heteroatoms. The van der Waals surface area contributed by atoms with Crippen LogP contribution in [0.2, 0.25) is 0 Å². The van der Waals surface area contributed by atoms with E-state index in [0.717, 1.165) is 66.2 Å². The maximum Gasteiger partial charge on any atom is 0.159 e. The average molecular weight is 634 g/mol. The Labute approximate surface area is 285 Å². The zero-order valence-electron chi connectivity index (χ0n) is 27.6. The molecule has 236 valence electrons. The van der Waals surface area contributed by atoms with E-state index in [1.165, 1.54) is 10.8 Å². The number of hydrogen-bond acceptors (Lipinski definition) is 2. The number of rotatable bonds is 3. The Hall–Kier alpha value is -6.57. The summed E-state index contributed by atoms with van der Waals surface area (Å²) in [7, 11) is 0. The standard InChI is InChI=1S/C37H21N3O.C5H8.C3H6/c38-22-23-16-18-34-29(20-23)27-10-3-4-12-31(27)39(34)24-17-19-36-30(21-24)28-11-7-15-35(37(28)41-36)40-32-13-5-1-8-25(32)26-9-2-6-14-33(26)40;1-3-5-4-2;1-3-2/h1-21H;3-5H,1H2,2H3;3H,1H2,2H3/b;5-4-;. The van der Waals surface area contributed by atoms with E-state index in [0.29, 0.717) is 5.56 Å². The highest BCUT2D eigenvalue weighted by Gasteiger charge is 2.19. The van der Waals surface area contributed by atoms with Gasteiger partial charge in [0.2, 0.25) is 0 Å². The number of para-hydroxylation sites is 4. The van der Waals surface area contributed by atoms with E-state index in [1.807, 2.05) is 50.3 Å². The molecule has 0 N–H and O–H groups in total. The normalized spacial score (nSPS) is 11.1. The Morgan fingerprint density at radius 1 is 0.592 bits per heavy atom. The molecule has 0 saturated carbocycles. The van der Waals surface area contributed by atoms with E-state index in [1.54, 1.807) is 12.2 Å². The fourth-order valence-corrected chi connectivity index (χ4v) is 6.73. The lowest BCUT2D eigenvalue weighted by molar-refractivity contribution is 0.666. The number of hydrogen-bond donors (Lipinski definition) is 0. The van der Waals surface area contributed by atoms with Crippen molar-refractivity contribution in [1.82, 2.24) is 9.13 Å². The SMILES string of the molecule is C=C/C=C\C.C=CC.N#Cc1ccc2c(c1)c1ccccc1n2-c1ccc2oc3c(-n4c5ccccc5c5ccccc54)cccc3c2c1. The summed E-state index contributed by atoms with van der Waals surface area (Å²) in [6, 6.07) is 46.5. The molecular weight excluding hydrogens is 599 g/mol. The maximum absolute atomic E-state index is 9.53. The highest BCUT2D eigenvalue weighted by Crippen LogP contribution is 2.39. The Bertz CT molecular complexity index is 2690. The lowest BCUT2D eigenvalue weighted by Crippen LogP contribution is -1.94. The molecule has 6 aromatic carbocycles. The minimum absolute atomic E-state index is 0.661. The van der Waals surface area contributed by atoms with Crippen LogP contribution in [0.15, 0.2) is 169 Å². The Morgan fingerprint density at radius 2 is 1.16 bits per heavy atom. The van der Waals surface area contributed by atoms with Crippen LogP contribution in [-0.4, -0.2) is 9.13 Å². The number of fused-ring (bicyclic) bond motifs is 9. The Balaban J connectivity index is 0.000000430. The van der Waals surface area contributed by atoms with Crippen LogP contribution >= 0.6 is 0 Å². The van der Waals surface area contributed by atoms with Crippen LogP contribution in [0.1, 0.15) is 19.4 Å². The highest BCUT2D eigenvalue weighted by molar-refractivity contribution is 6.14. The molecule has 4 nitrogen and oxygen atoms in total. The van der Waals surface area contributed by atoms with Gasteiger partial charge in [-0.25, -0.2) is 0 Å². The van der Waals surface area contributed by atoms with Crippen molar-refractivity contribution in [3.05, 3.63) is 170 Å². The summed E-state index contributed by atoms with van der Waals surface area (Å²) in [6.45, 7) is 10.7. The maximum atomic E-state index is 9.53. The molecule has 0 fully saturated rings. The minimum atomic E-state index is 0.661. The second kappa shape index (κ2) is 13.3. The van der Waals surface area contributed by atoms with Crippen LogP contribution in [0.5, 0.6) is 0 Å². The fraction of sp³-hybridized carbons (Fsp3) is 0.0444. The van der Waals surface area contributed by atoms with Crippen LogP contribution in [0.3, 0.4) is 0 Å². The van der Waals surface area contributed by atoms with Gasteiger partial charge in [-0.1, -0.05) is 97.6 Å². The van der Waals surface area contributed by atoms with Gasteiger partial charge in [0.1, 0.15) is 5.58 Å². The third kappa shape index (κ3) is 5.28. The summed E-state index contributed by atoms with van der Waals surface area (Å²) in [5.74, 6) is 0. The summed E-state index contributed by atoms with van der Waals surface area (Å²) in [6.07, 6.45) is 7.33. The first-order valence-corrected chi connectivity index (χ1v) is 16.3. The summed E-state index contributed by atoms with van der Waals surface area (Å²) < 4.78 is 11.2. The molecule has 0 aliphatic carbocycles. The zero-order chi connectivity index (χ0) is 33.9. The van der Waals surface area contributed by atoms with Gasteiger partial charge in [0, 0.05) is 38.0 Å². The monoisotopic (exact) mass is 633 g/mol. The van der Waals surface area contributed by atoms with Gasteiger partial charge in [-0.2, -0.15) is 5.26 Å². The molecule has 3 aromatic heterocycles. The Morgan fingerprint density at radius 3 is 1.76 bits per heavy atom. The molecule has 0 saturated heterocycles. The second-order valence-electron chi connectivity index (χ2n) is 11.7. The number of furan rings is 1. The summed E-state index contributed by atoms with van der Waals surface area (Å²) in [5.41, 5.74) is 8.95. The Kier molecular flexibility index (Phi) is 8.41. The summed E-state index contributed by atoms with van der Waals surface area (Å²) in [5, 5.41) is 16.3. The number of aromatic nitrogens is 2. The van der Waals surface area contributed by atoms with Gasteiger partial charge in [0.25, 0.3) is 0 Å². The molecule has 0 bridgehead atoms. The van der Waals surface area contributed by atoms with Crippen LogP contribution in [0.4, 0.5) is 0 Å². The number of nitrogens with zero attached hydrogens (tertiary/aromatic N) is 3. The summed E-state index contributed by atoms with van der Waals surface area (Å²) in [4.78, 5) is 0. The molecule has 0 radical (unpaired) electrons. The fourth-order valence-electron chi connectivity index (χ4n) is 6.73. The topological polar surface area (TPSA) is 46.8 Å². The molecule has 0 aliphatic rings. The van der Waals surface area contributed by atoms with Crippen molar-refractivity contribution in [3.63, 3.8) is 0 Å². The van der Waals surface area contributed by atoms with E-state index in [9.17, 15) is 5.26 Å². The number of benzene rings is 6. The van der Waals surface area contributed by atoms with Crippen molar-refractivity contribution in [2.75, 3.05) is 0 Å². The van der Waals surface area contributed by atoms with Gasteiger partial charge in [0.15, 0.2) is 5.58 Å². The molecule has 49 heavy (non-hydrogen) atoms. The smallest absolute Gasteiger partial charge is 0.159 e. The van der Waals surface area contributed by atoms with Crippen LogP contribution in [0, 0.1) is 11.3 Å². The van der Waals surface area contributed by atoms with Gasteiger partial charge >= 0.3 is 0 Å². The molecule has 0 spiro atoms. The van der Waals surface area contributed by atoms with Gasteiger partial charge in [-0.05, 0) is 74.5 Å². The minimum Gasteiger partial charge on any atom is -0.454 e. The molecule has 3 heterocycles. The molecular formula is C45H35N3O. The van der Waals surface area contributed by atoms with Crippen LogP contribution in [0.25, 0.3) is 76.9 Å². The second-order valence-corrected chi connectivity index (χ2v) is 11.7. The first kappa shape index (κ1) is 31.1. The van der Waals surface area contributed by atoms with Crippen molar-refractivity contribution in [2.45, 2.75) is 13.8 Å². The first-order chi connectivity index (χ1) is 24.1. The quantitative estimate of drug-likeness (QED) is 0.144. The van der Waals surface area contributed by atoms with E-state index >= 15 is 0 Å². The lowest BCUT2D eigenvalue weighted by Gasteiger charge is -2.08. The average Bonchev–Trinajstić information content (AvgIpc) is 3.80. The molecule has 9 aromatic rings. The van der Waals surface area contributed by atoms with Crippen molar-refractivity contribution < 1.29 is 4.42 Å². The van der Waals surface area contributed by atoms with Crippen molar-refractivity contribution >= 4 is 65.6 Å². The summed E-state index contributed by atoms with van der Waals surface area (Å²) >= 11 is 0. The van der Waals surface area contributed by atoms with E-state index in [2.05, 4.69) is 131 Å². The molecule has 0 unspecified atom stereocenters. The van der Waals surface area contributed by atoms with Crippen LogP contribution in [-0.2, 0) is 0 Å². The van der Waals surface area contributed by atoms with Gasteiger partial charge in [0.05, 0.1) is 39.4 Å². The number of allylic oxidation sites excluding steroid dienone is 4. The number of nitriles is 1. The van der Waals surface area contributed by atoms with Crippen molar-refractivity contribution in [1.29, 1.82) is 5.26 Å². The highest BCUT2D eigenvalue weighted by atomic mass is 16.3. The van der Waals surface area contributed by atoms with E-state index in [4.69, 9.17) is 4.42 Å². The largest absolute Gasteiger partial charge is 0.454 e.